The van der Waals surface area contributed by atoms with E-state index in [2.05, 4.69) is 0 Å². The van der Waals surface area contributed by atoms with Crippen LogP contribution in [0.2, 0.25) is 0 Å². The minimum atomic E-state index is -0.666. The molecule has 0 amide bonds. The van der Waals surface area contributed by atoms with E-state index in [9.17, 15) is 0 Å². The van der Waals surface area contributed by atoms with Crippen LogP contribution in [0.25, 0.3) is 0 Å². The molecule has 2 N–H and O–H groups in total. The van der Waals surface area contributed by atoms with Crippen molar-refractivity contribution in [3.05, 3.63) is 0 Å². The predicted molar refractivity (Wildman–Crippen MR) is 33.5 cm³/mol. The molecular weight excluding hydrogens is 102 g/mol. The summed E-state index contributed by atoms with van der Waals surface area (Å²) in [6.45, 7) is 5.22. The molecular formula is C6H14NO. The lowest BCUT2D eigenvalue weighted by atomic mass is 10.0. The highest BCUT2D eigenvalue weighted by Crippen LogP contribution is 2.08. The van der Waals surface area contributed by atoms with Gasteiger partial charge in [-0.2, -0.15) is 0 Å². The normalized spacial score (nSPS) is 16.1. The summed E-state index contributed by atoms with van der Waals surface area (Å²) in [5.74, 6) is 0. The lowest BCUT2D eigenvalue weighted by Gasteiger charge is -2.18. The minimum Gasteiger partial charge on any atom is -0.390 e. The quantitative estimate of drug-likeness (QED) is 0.570. The molecule has 0 bridgehead atoms. The fraction of sp³-hybridized carbons (Fsp3) is 1.00. The third kappa shape index (κ3) is 5.92. The minimum absolute atomic E-state index is 0.157. The van der Waals surface area contributed by atoms with E-state index in [-0.39, 0.29) is 6.04 Å². The first-order valence-corrected chi connectivity index (χ1v) is 2.85. The van der Waals surface area contributed by atoms with Crippen molar-refractivity contribution in [3.8, 4) is 0 Å². The van der Waals surface area contributed by atoms with Gasteiger partial charge in [0.25, 0.3) is 0 Å². The summed E-state index contributed by atoms with van der Waals surface area (Å²) < 4.78 is 0. The fourth-order valence-corrected chi connectivity index (χ4v) is 0.749. The van der Waals surface area contributed by atoms with Crippen molar-refractivity contribution >= 4 is 0 Å². The molecule has 49 valence electrons. The van der Waals surface area contributed by atoms with Gasteiger partial charge in [0, 0.05) is 6.04 Å². The summed E-state index contributed by atoms with van der Waals surface area (Å²) in [6.07, 6.45) is 0.549. The monoisotopic (exact) mass is 116 g/mol. The van der Waals surface area contributed by atoms with Gasteiger partial charge in [0.1, 0.15) is 0 Å². The highest BCUT2D eigenvalue weighted by atomic mass is 16.3. The van der Waals surface area contributed by atoms with E-state index in [0.717, 1.165) is 0 Å². The van der Waals surface area contributed by atoms with Gasteiger partial charge in [-0.15, -0.1) is 0 Å². The molecule has 8 heavy (non-hydrogen) atoms. The summed E-state index contributed by atoms with van der Waals surface area (Å²) in [5.41, 5.74) is 6.41. The lowest BCUT2D eigenvalue weighted by molar-refractivity contribution is 0.0648. The van der Waals surface area contributed by atoms with Crippen LogP contribution >= 0.6 is 0 Å². The Balaban J connectivity index is 3.39. The number of nitrogens with one attached hydrogen (secondary N) is 1. The molecule has 0 aliphatic carbocycles. The van der Waals surface area contributed by atoms with Gasteiger partial charge in [-0.3, -0.25) is 5.73 Å². The summed E-state index contributed by atoms with van der Waals surface area (Å²) >= 11 is 0. The van der Waals surface area contributed by atoms with E-state index in [1.165, 1.54) is 0 Å². The Labute approximate surface area is 50.7 Å². The van der Waals surface area contributed by atoms with Gasteiger partial charge < -0.3 is 5.11 Å². The Hall–Kier alpha value is -0.0800. The maximum Gasteiger partial charge on any atom is 0.0607 e. The van der Waals surface area contributed by atoms with Gasteiger partial charge >= 0.3 is 0 Å². The number of hydrogen-bond donors (Lipinski definition) is 1. The Bertz CT molecular complexity index is 63.4. The van der Waals surface area contributed by atoms with Crippen LogP contribution in [0.1, 0.15) is 27.2 Å². The van der Waals surface area contributed by atoms with Crippen LogP contribution in [-0.4, -0.2) is 16.7 Å². The van der Waals surface area contributed by atoms with Gasteiger partial charge in [0.2, 0.25) is 0 Å². The van der Waals surface area contributed by atoms with Crippen molar-refractivity contribution in [2.24, 2.45) is 0 Å². The van der Waals surface area contributed by atoms with Crippen LogP contribution in [0.3, 0.4) is 0 Å². The fourth-order valence-electron chi connectivity index (χ4n) is 0.749. The van der Waals surface area contributed by atoms with Gasteiger partial charge in [0.15, 0.2) is 0 Å². The molecule has 0 fully saturated rings. The van der Waals surface area contributed by atoms with Crippen molar-refractivity contribution in [1.82, 2.24) is 5.73 Å². The molecule has 1 radical (unpaired) electrons. The zero-order valence-corrected chi connectivity index (χ0v) is 5.73. The van der Waals surface area contributed by atoms with Gasteiger partial charge in [-0.05, 0) is 27.2 Å². The maximum atomic E-state index is 9.07. The third-order valence-corrected chi connectivity index (χ3v) is 0.806. The highest BCUT2D eigenvalue weighted by molar-refractivity contribution is 4.69. The van der Waals surface area contributed by atoms with E-state index in [1.54, 1.807) is 20.8 Å². The van der Waals surface area contributed by atoms with Crippen LogP contribution in [-0.2, 0) is 0 Å². The SMILES string of the molecule is CC([NH])CC(C)(C)O. The van der Waals surface area contributed by atoms with Crippen molar-refractivity contribution in [3.63, 3.8) is 0 Å². The molecule has 0 rings (SSSR count). The largest absolute Gasteiger partial charge is 0.390 e. The van der Waals surface area contributed by atoms with Crippen LogP contribution < -0.4 is 5.73 Å². The first-order valence-electron chi connectivity index (χ1n) is 2.85. The second-order valence-electron chi connectivity index (χ2n) is 2.92. The van der Waals surface area contributed by atoms with Gasteiger partial charge in [0.05, 0.1) is 5.60 Å². The molecule has 2 nitrogen and oxygen atoms in total. The summed E-state index contributed by atoms with van der Waals surface area (Å²) in [4.78, 5) is 0. The van der Waals surface area contributed by atoms with E-state index in [1.807, 2.05) is 0 Å². The first-order chi connectivity index (χ1) is 3.42. The second kappa shape index (κ2) is 2.46. The molecule has 1 atom stereocenters. The molecule has 0 aromatic carbocycles. The molecule has 0 aromatic rings. The summed E-state index contributed by atoms with van der Waals surface area (Å²) in [6, 6.07) is -0.157. The van der Waals surface area contributed by atoms with Crippen molar-refractivity contribution in [2.45, 2.75) is 38.8 Å². The second-order valence-corrected chi connectivity index (χ2v) is 2.92. The van der Waals surface area contributed by atoms with Crippen LogP contribution in [0.15, 0.2) is 0 Å². The Kier molecular flexibility index (Phi) is 2.44. The van der Waals surface area contributed by atoms with E-state index in [4.69, 9.17) is 10.8 Å². The molecule has 1 unspecified atom stereocenters. The summed E-state index contributed by atoms with van der Waals surface area (Å²) in [7, 11) is 0. The zero-order chi connectivity index (χ0) is 6.78. The average Bonchev–Trinajstić information content (AvgIpc) is 1.21. The van der Waals surface area contributed by atoms with Crippen LogP contribution in [0, 0.1) is 0 Å². The highest BCUT2D eigenvalue weighted by Gasteiger charge is 2.14. The molecule has 0 heterocycles. The topological polar surface area (TPSA) is 44.0 Å². The third-order valence-electron chi connectivity index (χ3n) is 0.806. The lowest BCUT2D eigenvalue weighted by Crippen LogP contribution is -2.24. The molecule has 0 saturated heterocycles. The average molecular weight is 116 g/mol. The molecule has 0 aliphatic rings. The Morgan fingerprint density at radius 2 is 2.00 bits per heavy atom. The molecule has 0 saturated carbocycles. The molecule has 0 spiro atoms. The van der Waals surface area contributed by atoms with Gasteiger partial charge in [-0.1, -0.05) is 0 Å². The molecule has 0 aliphatic heterocycles. The van der Waals surface area contributed by atoms with E-state index in [0.29, 0.717) is 6.42 Å². The van der Waals surface area contributed by atoms with E-state index < -0.39 is 5.60 Å². The van der Waals surface area contributed by atoms with Crippen molar-refractivity contribution in [1.29, 1.82) is 0 Å². The molecule has 2 heteroatoms. The van der Waals surface area contributed by atoms with Crippen molar-refractivity contribution < 1.29 is 5.11 Å². The Morgan fingerprint density at radius 3 is 2.00 bits per heavy atom. The Morgan fingerprint density at radius 1 is 1.62 bits per heavy atom. The number of hydrogen-bond acceptors (Lipinski definition) is 1. The number of rotatable bonds is 2. The number of aliphatic hydroxyl groups is 1. The maximum absolute atomic E-state index is 9.07. The standard InChI is InChI=1S/C6H14NO/c1-5(7)4-6(2,3)8/h5,7-8H,4H2,1-3H3. The zero-order valence-electron chi connectivity index (χ0n) is 5.73. The first kappa shape index (κ1) is 7.92. The van der Waals surface area contributed by atoms with Crippen LogP contribution in [0.4, 0.5) is 0 Å². The van der Waals surface area contributed by atoms with Gasteiger partial charge in [-0.25, -0.2) is 0 Å². The predicted octanol–water partition coefficient (Wildman–Crippen LogP) is 0.819. The smallest absolute Gasteiger partial charge is 0.0607 e. The van der Waals surface area contributed by atoms with Crippen molar-refractivity contribution in [2.75, 3.05) is 0 Å². The van der Waals surface area contributed by atoms with E-state index >= 15 is 0 Å². The molecule has 0 aromatic heterocycles. The summed E-state index contributed by atoms with van der Waals surface area (Å²) in [5, 5.41) is 9.07. The van der Waals surface area contributed by atoms with Crippen LogP contribution in [0.5, 0.6) is 0 Å².